The standard InChI is InChI=1S/C21H23BrN2O2S/c22-17-5-3-15(4-6-17)18-7-8-19(27-18)21(26)24-13-9-16(10-14-24)20(25)23-11-1-2-12-23/h3-8,16H,1-2,9-14H2. The van der Waals surface area contributed by atoms with Crippen LogP contribution in [0.25, 0.3) is 10.4 Å². The van der Waals surface area contributed by atoms with Gasteiger partial charge in [0.15, 0.2) is 0 Å². The topological polar surface area (TPSA) is 40.6 Å². The quantitative estimate of drug-likeness (QED) is 0.687. The van der Waals surface area contributed by atoms with Crippen molar-refractivity contribution < 1.29 is 9.59 Å². The van der Waals surface area contributed by atoms with Crippen molar-refractivity contribution in [2.24, 2.45) is 5.92 Å². The lowest BCUT2D eigenvalue weighted by molar-refractivity contribution is -0.135. The molecule has 6 heteroatoms. The Morgan fingerprint density at radius 1 is 0.889 bits per heavy atom. The number of piperidine rings is 1. The van der Waals surface area contributed by atoms with E-state index in [1.165, 1.54) is 11.3 Å². The van der Waals surface area contributed by atoms with E-state index in [-0.39, 0.29) is 11.8 Å². The second kappa shape index (κ2) is 8.15. The van der Waals surface area contributed by atoms with Gasteiger partial charge in [-0.25, -0.2) is 0 Å². The Hall–Kier alpha value is -1.66. The van der Waals surface area contributed by atoms with Gasteiger partial charge in [0.1, 0.15) is 0 Å². The minimum absolute atomic E-state index is 0.0915. The molecular formula is C21H23BrN2O2S. The maximum absolute atomic E-state index is 12.9. The van der Waals surface area contributed by atoms with E-state index in [9.17, 15) is 9.59 Å². The Morgan fingerprint density at radius 2 is 1.56 bits per heavy atom. The molecule has 3 heterocycles. The van der Waals surface area contributed by atoms with Crippen LogP contribution < -0.4 is 0 Å². The zero-order chi connectivity index (χ0) is 18.8. The number of carbonyl (C=O) groups excluding carboxylic acids is 2. The lowest BCUT2D eigenvalue weighted by Crippen LogP contribution is -2.43. The number of hydrogen-bond donors (Lipinski definition) is 0. The largest absolute Gasteiger partial charge is 0.342 e. The molecule has 142 valence electrons. The Labute approximate surface area is 172 Å². The molecule has 0 saturated carbocycles. The SMILES string of the molecule is O=C(c1ccc(-c2ccc(Br)cc2)s1)N1CCC(C(=O)N2CCCC2)CC1. The highest BCUT2D eigenvalue weighted by molar-refractivity contribution is 9.10. The highest BCUT2D eigenvalue weighted by Gasteiger charge is 2.31. The van der Waals surface area contributed by atoms with Crippen molar-refractivity contribution in [3.05, 3.63) is 45.7 Å². The van der Waals surface area contributed by atoms with Crippen molar-refractivity contribution in [3.63, 3.8) is 0 Å². The second-order valence-corrected chi connectivity index (χ2v) is 9.27. The summed E-state index contributed by atoms with van der Waals surface area (Å²) in [5.41, 5.74) is 1.12. The van der Waals surface area contributed by atoms with Gasteiger partial charge in [-0.15, -0.1) is 11.3 Å². The van der Waals surface area contributed by atoms with Crippen molar-refractivity contribution in [3.8, 4) is 10.4 Å². The summed E-state index contributed by atoms with van der Waals surface area (Å²) >= 11 is 4.99. The lowest BCUT2D eigenvalue weighted by atomic mass is 9.95. The molecule has 2 fully saturated rings. The van der Waals surface area contributed by atoms with Crippen LogP contribution in [-0.4, -0.2) is 47.8 Å². The summed E-state index contributed by atoms with van der Waals surface area (Å²) in [7, 11) is 0. The van der Waals surface area contributed by atoms with Crippen LogP contribution in [0.5, 0.6) is 0 Å². The van der Waals surface area contributed by atoms with Crippen LogP contribution in [0.3, 0.4) is 0 Å². The molecule has 2 aliphatic rings. The summed E-state index contributed by atoms with van der Waals surface area (Å²) in [5, 5.41) is 0. The fraction of sp³-hybridized carbons (Fsp3) is 0.429. The van der Waals surface area contributed by atoms with Crippen LogP contribution in [0, 0.1) is 5.92 Å². The van der Waals surface area contributed by atoms with Gasteiger partial charge in [0.2, 0.25) is 5.91 Å². The number of nitrogens with zero attached hydrogens (tertiary/aromatic N) is 2. The van der Waals surface area contributed by atoms with Crippen LogP contribution in [0.2, 0.25) is 0 Å². The third kappa shape index (κ3) is 4.11. The van der Waals surface area contributed by atoms with E-state index in [0.29, 0.717) is 19.0 Å². The molecule has 0 bridgehead atoms. The summed E-state index contributed by atoms with van der Waals surface area (Å²) < 4.78 is 1.05. The molecule has 2 aromatic rings. The summed E-state index contributed by atoms with van der Waals surface area (Å²) in [6.45, 7) is 3.17. The normalized spacial score (nSPS) is 18.1. The van der Waals surface area contributed by atoms with Gasteiger partial charge in [0.05, 0.1) is 4.88 Å². The molecule has 27 heavy (non-hydrogen) atoms. The van der Waals surface area contributed by atoms with Gasteiger partial charge in [0, 0.05) is 41.4 Å². The van der Waals surface area contributed by atoms with E-state index in [0.717, 1.165) is 58.6 Å². The van der Waals surface area contributed by atoms with E-state index in [1.54, 1.807) is 0 Å². The molecule has 0 atom stereocenters. The molecule has 4 nitrogen and oxygen atoms in total. The minimum Gasteiger partial charge on any atom is -0.342 e. The van der Waals surface area contributed by atoms with E-state index in [1.807, 2.05) is 34.1 Å². The monoisotopic (exact) mass is 446 g/mol. The first-order valence-corrected chi connectivity index (χ1v) is 11.2. The number of hydrogen-bond acceptors (Lipinski definition) is 3. The van der Waals surface area contributed by atoms with Gasteiger partial charge in [-0.1, -0.05) is 28.1 Å². The van der Waals surface area contributed by atoms with Gasteiger partial charge < -0.3 is 9.80 Å². The van der Waals surface area contributed by atoms with E-state index in [4.69, 9.17) is 0 Å². The fourth-order valence-electron chi connectivity index (χ4n) is 3.90. The van der Waals surface area contributed by atoms with E-state index in [2.05, 4.69) is 28.1 Å². The third-order valence-corrected chi connectivity index (χ3v) is 7.15. The summed E-state index contributed by atoms with van der Waals surface area (Å²) in [4.78, 5) is 31.2. The summed E-state index contributed by atoms with van der Waals surface area (Å²) in [5.74, 6) is 0.484. The molecule has 1 aromatic heterocycles. The van der Waals surface area contributed by atoms with E-state index < -0.39 is 0 Å². The number of likely N-dealkylation sites (tertiary alicyclic amines) is 2. The lowest BCUT2D eigenvalue weighted by Gasteiger charge is -2.33. The molecular weight excluding hydrogens is 424 g/mol. The Morgan fingerprint density at radius 3 is 2.22 bits per heavy atom. The number of halogens is 1. The van der Waals surface area contributed by atoms with Crippen molar-refractivity contribution >= 4 is 39.1 Å². The number of amides is 2. The molecule has 0 spiro atoms. The van der Waals surface area contributed by atoms with Crippen LogP contribution in [0.1, 0.15) is 35.4 Å². The predicted molar refractivity (Wildman–Crippen MR) is 112 cm³/mol. The zero-order valence-corrected chi connectivity index (χ0v) is 17.6. The maximum Gasteiger partial charge on any atom is 0.263 e. The number of thiophene rings is 1. The predicted octanol–water partition coefficient (Wildman–Crippen LogP) is 4.65. The molecule has 1 aromatic carbocycles. The smallest absolute Gasteiger partial charge is 0.263 e. The van der Waals surface area contributed by atoms with Crippen molar-refractivity contribution in [2.75, 3.05) is 26.2 Å². The first-order valence-electron chi connectivity index (χ1n) is 9.55. The molecule has 0 aliphatic carbocycles. The summed E-state index contributed by atoms with van der Waals surface area (Å²) in [6.07, 6.45) is 3.82. The van der Waals surface area contributed by atoms with Gasteiger partial charge >= 0.3 is 0 Å². The number of rotatable bonds is 3. The van der Waals surface area contributed by atoms with Gasteiger partial charge in [0.25, 0.3) is 5.91 Å². The Bertz CT molecular complexity index is 819. The third-order valence-electron chi connectivity index (χ3n) is 5.49. The van der Waals surface area contributed by atoms with E-state index >= 15 is 0 Å². The van der Waals surface area contributed by atoms with Crippen LogP contribution >= 0.6 is 27.3 Å². The van der Waals surface area contributed by atoms with Crippen LogP contribution in [0.15, 0.2) is 40.9 Å². The highest BCUT2D eigenvalue weighted by atomic mass is 79.9. The zero-order valence-electron chi connectivity index (χ0n) is 15.2. The molecule has 2 aliphatic heterocycles. The highest BCUT2D eigenvalue weighted by Crippen LogP contribution is 2.31. The summed E-state index contributed by atoms with van der Waals surface area (Å²) in [6, 6.07) is 12.1. The van der Waals surface area contributed by atoms with Crippen LogP contribution in [0.4, 0.5) is 0 Å². The molecule has 0 N–H and O–H groups in total. The maximum atomic E-state index is 12.9. The minimum atomic E-state index is 0.0915. The molecule has 2 saturated heterocycles. The Balaban J connectivity index is 1.37. The average molecular weight is 447 g/mol. The first-order chi connectivity index (χ1) is 13.1. The van der Waals surface area contributed by atoms with Gasteiger partial charge in [-0.05, 0) is 55.5 Å². The average Bonchev–Trinajstić information content (AvgIpc) is 3.40. The first kappa shape index (κ1) is 18.7. The van der Waals surface area contributed by atoms with Gasteiger partial charge in [-0.2, -0.15) is 0 Å². The molecule has 4 rings (SSSR count). The number of benzene rings is 1. The Kier molecular flexibility index (Phi) is 5.64. The number of carbonyl (C=O) groups is 2. The van der Waals surface area contributed by atoms with Crippen molar-refractivity contribution in [1.29, 1.82) is 0 Å². The van der Waals surface area contributed by atoms with Crippen molar-refractivity contribution in [1.82, 2.24) is 9.80 Å². The molecule has 2 amide bonds. The second-order valence-electron chi connectivity index (χ2n) is 7.27. The van der Waals surface area contributed by atoms with Gasteiger partial charge in [-0.3, -0.25) is 9.59 Å². The fourth-order valence-corrected chi connectivity index (χ4v) is 5.15. The molecule has 0 radical (unpaired) electrons. The van der Waals surface area contributed by atoms with Crippen molar-refractivity contribution in [2.45, 2.75) is 25.7 Å². The van der Waals surface area contributed by atoms with Crippen LogP contribution in [-0.2, 0) is 4.79 Å². The molecule has 0 unspecified atom stereocenters.